The Morgan fingerprint density at radius 2 is 1.95 bits per heavy atom. The molecule has 0 radical (unpaired) electrons. The molecule has 1 rings (SSSR count). The van der Waals surface area contributed by atoms with Crippen LogP contribution in [0.1, 0.15) is 34.0 Å². The molecular formula is C12H12ClF3O3. The van der Waals surface area contributed by atoms with Crippen molar-refractivity contribution in [3.05, 3.63) is 34.9 Å². The van der Waals surface area contributed by atoms with Gasteiger partial charge in [0.05, 0.1) is 11.7 Å². The number of benzene rings is 1. The van der Waals surface area contributed by atoms with Crippen LogP contribution in [0.4, 0.5) is 13.2 Å². The zero-order valence-corrected chi connectivity index (χ0v) is 10.4. The minimum atomic E-state index is -4.59. The predicted molar refractivity (Wildman–Crippen MR) is 63.1 cm³/mol. The van der Waals surface area contributed by atoms with Gasteiger partial charge in [-0.25, -0.2) is 0 Å². The van der Waals surface area contributed by atoms with Crippen LogP contribution in [0.2, 0.25) is 0 Å². The van der Waals surface area contributed by atoms with E-state index in [4.69, 9.17) is 11.6 Å². The van der Waals surface area contributed by atoms with Gasteiger partial charge in [0.1, 0.15) is 12.4 Å². The molecule has 0 bridgehead atoms. The smallest absolute Gasteiger partial charge is 0.390 e. The van der Waals surface area contributed by atoms with E-state index in [9.17, 15) is 28.2 Å². The quantitative estimate of drug-likeness (QED) is 0.648. The van der Waals surface area contributed by atoms with Crippen LogP contribution in [0.25, 0.3) is 0 Å². The standard InChI is InChI=1S/C12H12ClF3O3/c13-4-3-10(18)11(19)9-5-8(12(14,15)16)2-1-7(9)6-17/h1-2,5-6,10-11,18-19H,3-4H2. The zero-order chi connectivity index (χ0) is 14.6. The van der Waals surface area contributed by atoms with Gasteiger partial charge in [0.25, 0.3) is 0 Å². The molecule has 106 valence electrons. The summed E-state index contributed by atoms with van der Waals surface area (Å²) in [5.41, 5.74) is -1.36. The molecule has 0 aliphatic rings. The number of carbonyl (C=O) groups is 1. The number of hydrogen-bond donors (Lipinski definition) is 2. The Morgan fingerprint density at radius 3 is 2.42 bits per heavy atom. The molecule has 0 aromatic heterocycles. The SMILES string of the molecule is O=Cc1ccc(C(F)(F)F)cc1C(O)C(O)CCCl. The lowest BCUT2D eigenvalue weighted by atomic mass is 9.95. The third-order valence-corrected chi connectivity index (χ3v) is 2.85. The third-order valence-electron chi connectivity index (χ3n) is 2.63. The van der Waals surface area contributed by atoms with Gasteiger partial charge in [0.15, 0.2) is 0 Å². The molecule has 0 aliphatic carbocycles. The fourth-order valence-corrected chi connectivity index (χ4v) is 1.82. The molecule has 0 saturated carbocycles. The molecule has 0 heterocycles. The average molecular weight is 297 g/mol. The highest BCUT2D eigenvalue weighted by Crippen LogP contribution is 2.33. The molecule has 2 N–H and O–H groups in total. The summed E-state index contributed by atoms with van der Waals surface area (Å²) in [5.74, 6) is 0.0353. The highest BCUT2D eigenvalue weighted by atomic mass is 35.5. The first-order valence-corrected chi connectivity index (χ1v) is 5.93. The van der Waals surface area contributed by atoms with Crippen LogP contribution in [0.15, 0.2) is 18.2 Å². The van der Waals surface area contributed by atoms with Crippen LogP contribution in [0.5, 0.6) is 0 Å². The van der Waals surface area contributed by atoms with Gasteiger partial charge in [0, 0.05) is 11.4 Å². The summed E-state index contributed by atoms with van der Waals surface area (Å²) in [6, 6.07) is 2.36. The number of rotatable bonds is 5. The van der Waals surface area contributed by atoms with E-state index in [0.29, 0.717) is 12.4 Å². The number of aliphatic hydroxyl groups excluding tert-OH is 2. The van der Waals surface area contributed by atoms with Crippen LogP contribution in [0, 0.1) is 0 Å². The Bertz CT molecular complexity index is 448. The van der Waals surface area contributed by atoms with Crippen LogP contribution >= 0.6 is 11.6 Å². The van der Waals surface area contributed by atoms with E-state index in [1.807, 2.05) is 0 Å². The summed E-state index contributed by atoms with van der Waals surface area (Å²) in [7, 11) is 0. The molecule has 3 nitrogen and oxygen atoms in total. The Morgan fingerprint density at radius 1 is 1.32 bits per heavy atom. The minimum absolute atomic E-state index is 0.00271. The topological polar surface area (TPSA) is 57.5 Å². The number of carbonyl (C=O) groups excluding carboxylic acids is 1. The second-order valence-corrected chi connectivity index (χ2v) is 4.33. The summed E-state index contributed by atoms with van der Waals surface area (Å²) >= 11 is 5.38. The monoisotopic (exact) mass is 296 g/mol. The van der Waals surface area contributed by atoms with Gasteiger partial charge in [-0.15, -0.1) is 11.6 Å². The highest BCUT2D eigenvalue weighted by molar-refractivity contribution is 6.17. The van der Waals surface area contributed by atoms with Gasteiger partial charge in [-0.1, -0.05) is 6.07 Å². The molecule has 7 heteroatoms. The van der Waals surface area contributed by atoms with Crippen molar-refractivity contribution in [2.24, 2.45) is 0 Å². The molecule has 1 aromatic rings. The second-order valence-electron chi connectivity index (χ2n) is 3.95. The van der Waals surface area contributed by atoms with Crippen molar-refractivity contribution in [2.45, 2.75) is 24.8 Å². The molecule has 1 aromatic carbocycles. The van der Waals surface area contributed by atoms with E-state index in [1.54, 1.807) is 0 Å². The summed E-state index contributed by atoms with van der Waals surface area (Å²) in [6.45, 7) is 0. The molecule has 2 unspecified atom stereocenters. The highest BCUT2D eigenvalue weighted by Gasteiger charge is 2.32. The van der Waals surface area contributed by atoms with E-state index in [0.717, 1.165) is 12.1 Å². The van der Waals surface area contributed by atoms with Crippen molar-refractivity contribution in [3.8, 4) is 0 Å². The molecule has 0 amide bonds. The van der Waals surface area contributed by atoms with Crippen molar-refractivity contribution in [2.75, 3.05) is 5.88 Å². The van der Waals surface area contributed by atoms with Crippen LogP contribution in [-0.4, -0.2) is 28.5 Å². The van der Waals surface area contributed by atoms with Crippen molar-refractivity contribution in [1.82, 2.24) is 0 Å². The number of aliphatic hydroxyl groups is 2. The van der Waals surface area contributed by atoms with Gasteiger partial charge < -0.3 is 10.2 Å². The number of halogens is 4. The Hall–Kier alpha value is -1.11. The Balaban J connectivity index is 3.19. The van der Waals surface area contributed by atoms with Crippen LogP contribution < -0.4 is 0 Å². The van der Waals surface area contributed by atoms with Crippen LogP contribution in [-0.2, 0) is 6.18 Å². The third kappa shape index (κ3) is 3.92. The Kier molecular flexibility index (Phi) is 5.34. The molecule has 19 heavy (non-hydrogen) atoms. The Labute approximate surface area is 112 Å². The average Bonchev–Trinajstić information content (AvgIpc) is 2.36. The molecule has 2 atom stereocenters. The van der Waals surface area contributed by atoms with Crippen molar-refractivity contribution in [3.63, 3.8) is 0 Å². The minimum Gasteiger partial charge on any atom is -0.390 e. The van der Waals surface area contributed by atoms with Gasteiger partial charge in [-0.3, -0.25) is 4.79 Å². The van der Waals surface area contributed by atoms with Gasteiger partial charge >= 0.3 is 6.18 Å². The second kappa shape index (κ2) is 6.36. The first-order chi connectivity index (χ1) is 8.81. The normalized spacial score (nSPS) is 15.1. The van der Waals surface area contributed by atoms with E-state index in [-0.39, 0.29) is 23.4 Å². The molecule has 0 spiro atoms. The van der Waals surface area contributed by atoms with Crippen molar-refractivity contribution in [1.29, 1.82) is 0 Å². The lowest BCUT2D eigenvalue weighted by Crippen LogP contribution is -2.20. The van der Waals surface area contributed by atoms with E-state index in [2.05, 4.69) is 0 Å². The predicted octanol–water partition coefficient (Wildman–Crippen LogP) is 2.54. The number of aldehydes is 1. The summed E-state index contributed by atoms with van der Waals surface area (Å²) in [4.78, 5) is 10.8. The largest absolute Gasteiger partial charge is 0.416 e. The lowest BCUT2D eigenvalue weighted by Gasteiger charge is -2.20. The maximum absolute atomic E-state index is 12.6. The van der Waals surface area contributed by atoms with E-state index < -0.39 is 23.9 Å². The summed E-state index contributed by atoms with van der Waals surface area (Å²) < 4.78 is 37.7. The molecule has 0 aliphatic heterocycles. The fourth-order valence-electron chi connectivity index (χ4n) is 1.59. The molecule has 0 fully saturated rings. The van der Waals surface area contributed by atoms with Crippen molar-refractivity contribution >= 4 is 17.9 Å². The zero-order valence-electron chi connectivity index (χ0n) is 9.69. The number of hydrogen-bond acceptors (Lipinski definition) is 3. The summed E-state index contributed by atoms with van der Waals surface area (Å²) in [5, 5.41) is 19.3. The maximum Gasteiger partial charge on any atom is 0.416 e. The maximum atomic E-state index is 12.6. The van der Waals surface area contributed by atoms with Gasteiger partial charge in [0.2, 0.25) is 0 Å². The lowest BCUT2D eigenvalue weighted by molar-refractivity contribution is -0.137. The van der Waals surface area contributed by atoms with Crippen LogP contribution in [0.3, 0.4) is 0 Å². The van der Waals surface area contributed by atoms with E-state index >= 15 is 0 Å². The summed E-state index contributed by atoms with van der Waals surface area (Å²) in [6.07, 6.45) is -7.20. The first-order valence-electron chi connectivity index (χ1n) is 5.39. The van der Waals surface area contributed by atoms with Gasteiger partial charge in [-0.2, -0.15) is 13.2 Å². The van der Waals surface area contributed by atoms with Gasteiger partial charge in [-0.05, 0) is 24.1 Å². The molecule has 0 saturated heterocycles. The fraction of sp³-hybridized carbons (Fsp3) is 0.417. The molecular weight excluding hydrogens is 285 g/mol. The van der Waals surface area contributed by atoms with Crippen molar-refractivity contribution < 1.29 is 28.2 Å². The first kappa shape index (κ1) is 15.9. The number of alkyl halides is 4. The van der Waals surface area contributed by atoms with E-state index in [1.165, 1.54) is 0 Å².